The van der Waals surface area contributed by atoms with E-state index in [2.05, 4.69) is 21.3 Å². The average molecular weight is 339 g/mol. The molecule has 2 heterocycles. The molecule has 0 radical (unpaired) electrons. The van der Waals surface area contributed by atoms with Crippen LogP contribution in [0.2, 0.25) is 0 Å². The predicted octanol–water partition coefficient (Wildman–Crippen LogP) is 0.607. The number of carbonyl (C=O) groups is 1. The van der Waals surface area contributed by atoms with Crippen LogP contribution < -0.4 is 21.7 Å². The third kappa shape index (κ3) is 3.33. The molecule has 1 aromatic carbocycles. The molecule has 1 aliphatic heterocycles. The number of nitrogens with zero attached hydrogens (tertiary/aromatic N) is 2. The number of benzene rings is 1. The highest BCUT2D eigenvalue weighted by Crippen LogP contribution is 2.26. The summed E-state index contributed by atoms with van der Waals surface area (Å²) >= 11 is 0. The third-order valence-corrected chi connectivity index (χ3v) is 5.00. The van der Waals surface area contributed by atoms with Gasteiger partial charge in [-0.15, -0.1) is 0 Å². The lowest BCUT2D eigenvalue weighted by atomic mass is 9.83. The van der Waals surface area contributed by atoms with Gasteiger partial charge in [0.1, 0.15) is 5.69 Å². The highest BCUT2D eigenvalue weighted by atomic mass is 16.2. The second-order valence-corrected chi connectivity index (χ2v) is 6.68. The van der Waals surface area contributed by atoms with Crippen LogP contribution in [0.4, 0.5) is 0 Å². The Kier molecular flexibility index (Phi) is 4.33. The van der Waals surface area contributed by atoms with Crippen molar-refractivity contribution in [2.24, 2.45) is 5.92 Å². The molecule has 1 saturated heterocycles. The van der Waals surface area contributed by atoms with E-state index in [1.165, 1.54) is 16.8 Å². The van der Waals surface area contributed by atoms with Gasteiger partial charge in [-0.2, -0.15) is 9.78 Å². The minimum atomic E-state index is -0.258. The van der Waals surface area contributed by atoms with E-state index >= 15 is 0 Å². The summed E-state index contributed by atoms with van der Waals surface area (Å²) < 4.78 is 1.26. The van der Waals surface area contributed by atoms with Gasteiger partial charge in [0.25, 0.3) is 11.5 Å². The lowest BCUT2D eigenvalue weighted by Crippen LogP contribution is -2.44. The van der Waals surface area contributed by atoms with E-state index in [0.29, 0.717) is 17.6 Å². The van der Waals surface area contributed by atoms with Crippen molar-refractivity contribution in [1.29, 1.82) is 0 Å². The lowest BCUT2D eigenvalue weighted by molar-refractivity contribution is 0.0911. The van der Waals surface area contributed by atoms with Crippen LogP contribution in [0.1, 0.15) is 29.8 Å². The molecule has 1 aliphatic carbocycles. The molecule has 0 bridgehead atoms. The Bertz CT molecular complexity index is 820. The molecule has 1 aromatic heterocycles. The minimum Gasteiger partial charge on any atom is -0.348 e. The number of hydrogen-bond donors (Lipinski definition) is 3. The molecule has 1 saturated carbocycles. The minimum absolute atomic E-state index is 0.148. The first kappa shape index (κ1) is 16.0. The smallest absolute Gasteiger partial charge is 0.271 e. The Balaban J connectivity index is 1.50. The lowest BCUT2D eigenvalue weighted by Gasteiger charge is -2.31. The zero-order chi connectivity index (χ0) is 17.2. The molecule has 4 rings (SSSR count). The second kappa shape index (κ2) is 6.78. The second-order valence-electron chi connectivity index (χ2n) is 6.68. The van der Waals surface area contributed by atoms with Crippen molar-refractivity contribution in [3.8, 4) is 5.69 Å². The molecule has 2 fully saturated rings. The molecule has 7 heteroatoms. The molecular formula is C18H21N5O2. The highest BCUT2D eigenvalue weighted by Gasteiger charge is 2.34. The molecule has 2 aromatic rings. The summed E-state index contributed by atoms with van der Waals surface area (Å²) in [5, 5.41) is 7.32. The Morgan fingerprint density at radius 1 is 1.16 bits per heavy atom. The summed E-state index contributed by atoms with van der Waals surface area (Å²) in [7, 11) is 0. The number of nitrogens with one attached hydrogen (secondary N) is 3. The molecule has 1 amide bonds. The number of amides is 1. The fraction of sp³-hybridized carbons (Fsp3) is 0.389. The van der Waals surface area contributed by atoms with Crippen molar-refractivity contribution in [3.63, 3.8) is 0 Å². The van der Waals surface area contributed by atoms with Crippen LogP contribution >= 0.6 is 0 Å². The number of carbonyl (C=O) groups excluding carboxylic acids is 1. The van der Waals surface area contributed by atoms with Crippen LogP contribution in [0.5, 0.6) is 0 Å². The first-order chi connectivity index (χ1) is 12.2. The van der Waals surface area contributed by atoms with E-state index in [1.54, 1.807) is 12.1 Å². The van der Waals surface area contributed by atoms with Crippen molar-refractivity contribution in [2.45, 2.75) is 31.3 Å². The van der Waals surface area contributed by atoms with Gasteiger partial charge in [0.15, 0.2) is 0 Å². The van der Waals surface area contributed by atoms with Gasteiger partial charge in [0.2, 0.25) is 0 Å². The predicted molar refractivity (Wildman–Crippen MR) is 93.4 cm³/mol. The number of hydrazine groups is 1. The summed E-state index contributed by atoms with van der Waals surface area (Å²) in [5.41, 5.74) is 7.12. The topological polar surface area (TPSA) is 88.0 Å². The van der Waals surface area contributed by atoms with E-state index < -0.39 is 0 Å². The largest absolute Gasteiger partial charge is 0.348 e. The monoisotopic (exact) mass is 339 g/mol. The Morgan fingerprint density at radius 2 is 2.00 bits per heavy atom. The summed E-state index contributed by atoms with van der Waals surface area (Å²) in [6, 6.07) is 12.6. The fourth-order valence-corrected chi connectivity index (χ4v) is 3.68. The first-order valence-electron chi connectivity index (χ1n) is 8.66. The first-order valence-corrected chi connectivity index (χ1v) is 8.66. The normalized spacial score (nSPS) is 25.4. The van der Waals surface area contributed by atoms with Gasteiger partial charge in [-0.3, -0.25) is 20.4 Å². The van der Waals surface area contributed by atoms with Gasteiger partial charge in [0.05, 0.1) is 5.69 Å². The fourth-order valence-electron chi connectivity index (χ4n) is 3.68. The van der Waals surface area contributed by atoms with Gasteiger partial charge in [-0.1, -0.05) is 18.2 Å². The van der Waals surface area contributed by atoms with Crippen LogP contribution in [0.15, 0.2) is 47.3 Å². The Labute approximate surface area is 145 Å². The molecule has 130 valence electrons. The van der Waals surface area contributed by atoms with Gasteiger partial charge in [-0.05, 0) is 43.4 Å². The van der Waals surface area contributed by atoms with E-state index in [0.717, 1.165) is 25.8 Å². The molecule has 2 aliphatic rings. The van der Waals surface area contributed by atoms with Crippen LogP contribution in [-0.2, 0) is 0 Å². The van der Waals surface area contributed by atoms with Crippen molar-refractivity contribution in [2.75, 3.05) is 6.54 Å². The van der Waals surface area contributed by atoms with Crippen LogP contribution in [0, 0.1) is 5.92 Å². The average Bonchev–Trinajstić information content (AvgIpc) is 3.10. The highest BCUT2D eigenvalue weighted by molar-refractivity contribution is 5.92. The van der Waals surface area contributed by atoms with Gasteiger partial charge < -0.3 is 5.32 Å². The van der Waals surface area contributed by atoms with E-state index in [1.807, 2.05) is 18.2 Å². The van der Waals surface area contributed by atoms with Crippen LogP contribution in [0.3, 0.4) is 0 Å². The Hall–Kier alpha value is -2.51. The number of aromatic nitrogens is 2. The summed E-state index contributed by atoms with van der Waals surface area (Å²) in [4.78, 5) is 24.6. The van der Waals surface area contributed by atoms with Crippen molar-refractivity contribution >= 4 is 5.91 Å². The maximum Gasteiger partial charge on any atom is 0.271 e. The molecule has 3 unspecified atom stereocenters. The summed E-state index contributed by atoms with van der Waals surface area (Å²) in [6.45, 7) is 0.939. The van der Waals surface area contributed by atoms with Crippen molar-refractivity contribution in [1.82, 2.24) is 25.9 Å². The summed E-state index contributed by atoms with van der Waals surface area (Å²) in [6.07, 6.45) is 2.94. The van der Waals surface area contributed by atoms with E-state index in [-0.39, 0.29) is 23.2 Å². The number of rotatable bonds is 3. The maximum atomic E-state index is 12.6. The number of fused-ring (bicyclic) bond motifs is 1. The molecule has 3 atom stereocenters. The molecule has 3 N–H and O–H groups in total. The van der Waals surface area contributed by atoms with Gasteiger partial charge in [0, 0.05) is 24.7 Å². The van der Waals surface area contributed by atoms with Crippen LogP contribution in [-0.4, -0.2) is 34.3 Å². The molecule has 7 nitrogen and oxygen atoms in total. The zero-order valence-electron chi connectivity index (χ0n) is 13.8. The van der Waals surface area contributed by atoms with Gasteiger partial charge >= 0.3 is 0 Å². The van der Waals surface area contributed by atoms with Crippen molar-refractivity contribution < 1.29 is 4.79 Å². The SMILES string of the molecule is O=C(NC1CCC2NNCC2C1)c1ccc(=O)n(-c2ccccc2)n1. The third-order valence-electron chi connectivity index (χ3n) is 5.00. The Morgan fingerprint density at radius 3 is 2.84 bits per heavy atom. The standard InChI is InChI=1S/C18H21N5O2/c24-17-9-8-16(22-23(17)14-4-2-1-3-5-14)18(25)20-13-6-7-15-12(10-13)11-19-21-15/h1-5,8-9,12-13,15,19,21H,6-7,10-11H2,(H,20,25). The molecule has 0 spiro atoms. The summed E-state index contributed by atoms with van der Waals surface area (Å²) in [5.74, 6) is 0.317. The number of para-hydroxylation sites is 1. The van der Waals surface area contributed by atoms with Gasteiger partial charge in [-0.25, -0.2) is 0 Å². The quantitative estimate of drug-likeness (QED) is 0.762. The van der Waals surface area contributed by atoms with E-state index in [9.17, 15) is 9.59 Å². The maximum absolute atomic E-state index is 12.6. The number of hydrogen-bond acceptors (Lipinski definition) is 5. The molecule has 25 heavy (non-hydrogen) atoms. The van der Waals surface area contributed by atoms with Crippen LogP contribution in [0.25, 0.3) is 5.69 Å². The zero-order valence-corrected chi connectivity index (χ0v) is 13.8. The van der Waals surface area contributed by atoms with E-state index in [4.69, 9.17) is 0 Å². The van der Waals surface area contributed by atoms with Crippen molar-refractivity contribution in [3.05, 3.63) is 58.5 Å². The molecular weight excluding hydrogens is 318 g/mol.